The topological polar surface area (TPSA) is 57.8 Å². The van der Waals surface area contributed by atoms with Gasteiger partial charge in [-0.1, -0.05) is 28.1 Å². The average molecular weight is 330 g/mol. The third-order valence-corrected chi connectivity index (χ3v) is 3.55. The van der Waals surface area contributed by atoms with Crippen LogP contribution >= 0.6 is 15.9 Å². The Kier molecular flexibility index (Phi) is 3.28. The fraction of sp³-hybridized carbons (Fsp3) is 0.0667. The number of nitrogens with zero attached hydrogens (tertiary/aromatic N) is 1. The van der Waals surface area contributed by atoms with Gasteiger partial charge >= 0.3 is 0 Å². The highest BCUT2D eigenvalue weighted by atomic mass is 79.9. The minimum atomic E-state index is -0.172. The smallest absolute Gasteiger partial charge is 0.258 e. The van der Waals surface area contributed by atoms with Gasteiger partial charge in [-0.25, -0.2) is 4.98 Å². The molecule has 0 aliphatic rings. The van der Waals surface area contributed by atoms with E-state index in [0.717, 1.165) is 21.1 Å². The standard InChI is InChI=1S/C15H12BrN3O/c1-9-8-10(16)6-7-11(9)14(20)19-15-17-12-4-2-3-5-13(12)18-15/h2-8H,1H3,(H2,17,18,19,20). The molecule has 1 amide bonds. The number of anilines is 1. The Bertz CT molecular complexity index is 762. The van der Waals surface area contributed by atoms with Gasteiger partial charge in [0.15, 0.2) is 0 Å². The maximum Gasteiger partial charge on any atom is 0.258 e. The number of hydrogen-bond donors (Lipinski definition) is 2. The van der Waals surface area contributed by atoms with Crippen molar-refractivity contribution in [1.29, 1.82) is 0 Å². The number of carbonyl (C=O) groups excluding carboxylic acids is 1. The molecule has 0 fully saturated rings. The van der Waals surface area contributed by atoms with Gasteiger partial charge in [0, 0.05) is 10.0 Å². The van der Waals surface area contributed by atoms with Crippen molar-refractivity contribution in [1.82, 2.24) is 9.97 Å². The summed E-state index contributed by atoms with van der Waals surface area (Å²) in [6.07, 6.45) is 0. The monoisotopic (exact) mass is 329 g/mol. The second kappa shape index (κ2) is 5.09. The number of nitrogens with one attached hydrogen (secondary N) is 2. The molecule has 0 spiro atoms. The minimum Gasteiger partial charge on any atom is -0.324 e. The van der Waals surface area contributed by atoms with E-state index in [0.29, 0.717) is 11.5 Å². The highest BCUT2D eigenvalue weighted by molar-refractivity contribution is 9.10. The number of hydrogen-bond acceptors (Lipinski definition) is 2. The fourth-order valence-corrected chi connectivity index (χ4v) is 2.54. The third kappa shape index (κ3) is 2.44. The van der Waals surface area contributed by atoms with E-state index in [2.05, 4.69) is 31.2 Å². The zero-order chi connectivity index (χ0) is 14.1. The molecule has 0 unspecified atom stereocenters. The number of para-hydroxylation sites is 2. The van der Waals surface area contributed by atoms with E-state index in [1.54, 1.807) is 6.07 Å². The lowest BCUT2D eigenvalue weighted by molar-refractivity contribution is 0.102. The molecule has 0 radical (unpaired) electrons. The number of rotatable bonds is 2. The summed E-state index contributed by atoms with van der Waals surface area (Å²) in [6, 6.07) is 13.2. The Hall–Kier alpha value is -2.14. The predicted octanol–water partition coefficient (Wildman–Crippen LogP) is 3.89. The Labute approximate surface area is 124 Å². The molecule has 4 nitrogen and oxygen atoms in total. The molecule has 100 valence electrons. The minimum absolute atomic E-state index is 0.172. The molecule has 0 bridgehead atoms. The summed E-state index contributed by atoms with van der Waals surface area (Å²) in [5.41, 5.74) is 3.27. The summed E-state index contributed by atoms with van der Waals surface area (Å²) in [4.78, 5) is 19.6. The number of imidazole rings is 1. The van der Waals surface area contributed by atoms with Gasteiger partial charge in [0.1, 0.15) is 0 Å². The first kappa shape index (κ1) is 12.9. The fourth-order valence-electron chi connectivity index (χ4n) is 2.07. The zero-order valence-electron chi connectivity index (χ0n) is 10.8. The summed E-state index contributed by atoms with van der Waals surface area (Å²) < 4.78 is 0.954. The van der Waals surface area contributed by atoms with Gasteiger partial charge in [-0.3, -0.25) is 10.1 Å². The highest BCUT2D eigenvalue weighted by Crippen LogP contribution is 2.18. The maximum absolute atomic E-state index is 12.2. The zero-order valence-corrected chi connectivity index (χ0v) is 12.4. The van der Waals surface area contributed by atoms with Crippen LogP contribution in [0.3, 0.4) is 0 Å². The number of aryl methyl sites for hydroxylation is 1. The number of amides is 1. The average Bonchev–Trinajstić information content (AvgIpc) is 2.80. The number of halogens is 1. The quantitative estimate of drug-likeness (QED) is 0.749. The first-order chi connectivity index (χ1) is 9.63. The first-order valence-electron chi connectivity index (χ1n) is 6.16. The molecule has 0 saturated heterocycles. The van der Waals surface area contributed by atoms with Crippen LogP contribution in [0.25, 0.3) is 11.0 Å². The van der Waals surface area contributed by atoms with E-state index in [-0.39, 0.29) is 5.91 Å². The summed E-state index contributed by atoms with van der Waals surface area (Å²) >= 11 is 3.39. The van der Waals surface area contributed by atoms with Gasteiger partial charge in [0.05, 0.1) is 11.0 Å². The Morgan fingerprint density at radius 1 is 1.25 bits per heavy atom. The molecule has 3 aromatic rings. The van der Waals surface area contributed by atoms with Gasteiger partial charge < -0.3 is 4.98 Å². The summed E-state index contributed by atoms with van der Waals surface area (Å²) in [5, 5.41) is 2.79. The van der Waals surface area contributed by atoms with Gasteiger partial charge in [-0.05, 0) is 42.8 Å². The van der Waals surface area contributed by atoms with E-state index < -0.39 is 0 Å². The Morgan fingerprint density at radius 2 is 2.05 bits per heavy atom. The molecule has 1 heterocycles. The van der Waals surface area contributed by atoms with Crippen LogP contribution in [0.15, 0.2) is 46.9 Å². The number of benzene rings is 2. The van der Waals surface area contributed by atoms with Gasteiger partial charge in [-0.2, -0.15) is 0 Å². The molecule has 20 heavy (non-hydrogen) atoms. The second-order valence-corrected chi connectivity index (χ2v) is 5.43. The van der Waals surface area contributed by atoms with Crippen LogP contribution in [-0.4, -0.2) is 15.9 Å². The summed E-state index contributed by atoms with van der Waals surface area (Å²) in [6.45, 7) is 1.90. The summed E-state index contributed by atoms with van der Waals surface area (Å²) in [7, 11) is 0. The number of aromatic amines is 1. The van der Waals surface area contributed by atoms with Crippen LogP contribution in [-0.2, 0) is 0 Å². The number of H-pyrrole nitrogens is 1. The van der Waals surface area contributed by atoms with Gasteiger partial charge in [-0.15, -0.1) is 0 Å². The van der Waals surface area contributed by atoms with E-state index in [1.165, 1.54) is 0 Å². The lowest BCUT2D eigenvalue weighted by Gasteiger charge is -2.05. The normalized spacial score (nSPS) is 10.7. The van der Waals surface area contributed by atoms with Gasteiger partial charge in [0.25, 0.3) is 5.91 Å². The molecule has 0 atom stereocenters. The molecule has 1 aromatic heterocycles. The van der Waals surface area contributed by atoms with E-state index in [9.17, 15) is 4.79 Å². The van der Waals surface area contributed by atoms with Crippen LogP contribution in [0, 0.1) is 6.92 Å². The second-order valence-electron chi connectivity index (χ2n) is 4.52. The summed E-state index contributed by atoms with van der Waals surface area (Å²) in [5.74, 6) is 0.285. The maximum atomic E-state index is 12.2. The molecule has 2 N–H and O–H groups in total. The van der Waals surface area contributed by atoms with Crippen LogP contribution in [0.5, 0.6) is 0 Å². The number of aromatic nitrogens is 2. The van der Waals surface area contributed by atoms with Crippen LogP contribution < -0.4 is 5.32 Å². The SMILES string of the molecule is Cc1cc(Br)ccc1C(=O)Nc1nc2ccccc2[nH]1. The number of fused-ring (bicyclic) bond motifs is 1. The number of carbonyl (C=O) groups is 1. The lowest BCUT2D eigenvalue weighted by Crippen LogP contribution is -2.14. The van der Waals surface area contributed by atoms with E-state index in [4.69, 9.17) is 0 Å². The van der Waals surface area contributed by atoms with Crippen molar-refractivity contribution in [3.63, 3.8) is 0 Å². The van der Waals surface area contributed by atoms with Crippen molar-refractivity contribution in [2.24, 2.45) is 0 Å². The molecular weight excluding hydrogens is 318 g/mol. The molecule has 5 heteroatoms. The third-order valence-electron chi connectivity index (χ3n) is 3.05. The molecular formula is C15H12BrN3O. The van der Waals surface area contributed by atoms with Crippen LogP contribution in [0.4, 0.5) is 5.95 Å². The van der Waals surface area contributed by atoms with Crippen molar-refractivity contribution in [2.45, 2.75) is 6.92 Å². The Morgan fingerprint density at radius 3 is 2.80 bits per heavy atom. The largest absolute Gasteiger partial charge is 0.324 e. The molecule has 2 aromatic carbocycles. The highest BCUT2D eigenvalue weighted by Gasteiger charge is 2.11. The molecule has 0 aliphatic carbocycles. The van der Waals surface area contributed by atoms with Crippen molar-refractivity contribution >= 4 is 38.8 Å². The van der Waals surface area contributed by atoms with Gasteiger partial charge in [0.2, 0.25) is 5.95 Å². The van der Waals surface area contributed by atoms with Crippen LogP contribution in [0.2, 0.25) is 0 Å². The van der Waals surface area contributed by atoms with Crippen molar-refractivity contribution in [2.75, 3.05) is 5.32 Å². The van der Waals surface area contributed by atoms with E-state index in [1.807, 2.05) is 43.3 Å². The molecule has 0 aliphatic heterocycles. The lowest BCUT2D eigenvalue weighted by atomic mass is 10.1. The molecule has 3 rings (SSSR count). The van der Waals surface area contributed by atoms with E-state index >= 15 is 0 Å². The van der Waals surface area contributed by atoms with Crippen LogP contribution in [0.1, 0.15) is 15.9 Å². The van der Waals surface area contributed by atoms with Crippen molar-refractivity contribution in [3.05, 3.63) is 58.1 Å². The van der Waals surface area contributed by atoms with Crippen molar-refractivity contribution in [3.8, 4) is 0 Å². The Balaban J connectivity index is 1.88. The molecule has 0 saturated carbocycles. The predicted molar refractivity (Wildman–Crippen MR) is 82.9 cm³/mol. The first-order valence-corrected chi connectivity index (χ1v) is 6.95. The van der Waals surface area contributed by atoms with Crippen molar-refractivity contribution < 1.29 is 4.79 Å².